The molecule has 1 aliphatic rings. The molecule has 0 N–H and O–H groups in total. The highest BCUT2D eigenvalue weighted by Gasteiger charge is 2.25. The fourth-order valence-corrected chi connectivity index (χ4v) is 3.40. The van der Waals surface area contributed by atoms with Crippen molar-refractivity contribution >= 4 is 22.3 Å². The molecule has 1 aromatic carbocycles. The van der Waals surface area contributed by atoms with Crippen LogP contribution in [0.1, 0.15) is 35.3 Å². The molecule has 2 heterocycles. The zero-order chi connectivity index (χ0) is 13.2. The first kappa shape index (κ1) is 12.4. The van der Waals surface area contributed by atoms with Crippen molar-refractivity contribution in [2.75, 3.05) is 18.0 Å². The highest BCUT2D eigenvalue weighted by molar-refractivity contribution is 7.13. The summed E-state index contributed by atoms with van der Waals surface area (Å²) >= 11 is 1.57. The second-order valence-electron chi connectivity index (χ2n) is 4.91. The molecule has 19 heavy (non-hydrogen) atoms. The summed E-state index contributed by atoms with van der Waals surface area (Å²) in [5.74, 6) is 0.618. The predicted octanol–water partition coefficient (Wildman–Crippen LogP) is 3.34. The Morgan fingerprint density at radius 1 is 1.37 bits per heavy atom. The molecule has 0 saturated carbocycles. The summed E-state index contributed by atoms with van der Waals surface area (Å²) in [7, 11) is 0. The molecule has 1 fully saturated rings. The van der Waals surface area contributed by atoms with Gasteiger partial charge >= 0.3 is 0 Å². The van der Waals surface area contributed by atoms with E-state index in [2.05, 4.69) is 40.2 Å². The van der Waals surface area contributed by atoms with Gasteiger partial charge in [0.1, 0.15) is 5.69 Å². The summed E-state index contributed by atoms with van der Waals surface area (Å²) in [6.45, 7) is 3.58. The minimum absolute atomic E-state index is 0.0429. The van der Waals surface area contributed by atoms with Crippen LogP contribution in [-0.2, 0) is 0 Å². The van der Waals surface area contributed by atoms with Gasteiger partial charge in [-0.05, 0) is 12.0 Å². The Morgan fingerprint density at radius 2 is 2.16 bits per heavy atom. The van der Waals surface area contributed by atoms with Gasteiger partial charge in [0.2, 0.25) is 0 Å². The van der Waals surface area contributed by atoms with Gasteiger partial charge in [-0.25, -0.2) is 4.98 Å². The van der Waals surface area contributed by atoms with Gasteiger partial charge in [-0.15, -0.1) is 11.3 Å². The third-order valence-corrected chi connectivity index (χ3v) is 4.48. The molecule has 0 bridgehead atoms. The van der Waals surface area contributed by atoms with Gasteiger partial charge in [0, 0.05) is 31.3 Å². The topological polar surface area (TPSA) is 33.2 Å². The molecular weight excluding hydrogens is 256 g/mol. The van der Waals surface area contributed by atoms with Gasteiger partial charge in [0.25, 0.3) is 0 Å². The van der Waals surface area contributed by atoms with Gasteiger partial charge in [-0.2, -0.15) is 0 Å². The van der Waals surface area contributed by atoms with Crippen molar-refractivity contribution in [3.8, 4) is 0 Å². The zero-order valence-electron chi connectivity index (χ0n) is 10.9. The van der Waals surface area contributed by atoms with Crippen molar-refractivity contribution in [1.29, 1.82) is 0 Å². The Labute approximate surface area is 116 Å². The third-order valence-electron chi connectivity index (χ3n) is 3.58. The number of nitrogens with zero attached hydrogens (tertiary/aromatic N) is 2. The van der Waals surface area contributed by atoms with Crippen LogP contribution in [0.5, 0.6) is 0 Å². The first-order valence-corrected chi connectivity index (χ1v) is 7.38. The Kier molecular flexibility index (Phi) is 3.34. The van der Waals surface area contributed by atoms with E-state index in [1.165, 1.54) is 5.56 Å². The van der Waals surface area contributed by atoms with Gasteiger partial charge in [0.15, 0.2) is 10.9 Å². The quantitative estimate of drug-likeness (QED) is 0.803. The first-order chi connectivity index (χ1) is 9.24. The van der Waals surface area contributed by atoms with E-state index in [4.69, 9.17) is 0 Å². The molecule has 0 amide bonds. The average molecular weight is 272 g/mol. The molecule has 4 heteroatoms. The lowest BCUT2D eigenvalue weighted by Crippen LogP contribution is -2.19. The monoisotopic (exact) mass is 272 g/mol. The van der Waals surface area contributed by atoms with E-state index in [-0.39, 0.29) is 5.78 Å². The highest BCUT2D eigenvalue weighted by Crippen LogP contribution is 2.32. The van der Waals surface area contributed by atoms with Crippen LogP contribution >= 0.6 is 11.3 Å². The number of hydrogen-bond donors (Lipinski definition) is 0. The number of Topliss-reactive ketones (excluding diaryl/α,β-unsaturated/α-hetero) is 1. The summed E-state index contributed by atoms with van der Waals surface area (Å²) in [6.07, 6.45) is 1.15. The minimum Gasteiger partial charge on any atom is -0.347 e. The number of anilines is 1. The fourth-order valence-electron chi connectivity index (χ4n) is 2.50. The second-order valence-corrected chi connectivity index (χ2v) is 5.75. The Hall–Kier alpha value is -1.68. The SMILES string of the molecule is CC(=O)c1csc(N2CCC(c3ccccc3)C2)n1. The van der Waals surface area contributed by atoms with E-state index < -0.39 is 0 Å². The van der Waals surface area contributed by atoms with E-state index >= 15 is 0 Å². The molecule has 1 unspecified atom stereocenters. The largest absolute Gasteiger partial charge is 0.347 e. The van der Waals surface area contributed by atoms with Gasteiger partial charge < -0.3 is 4.90 Å². The van der Waals surface area contributed by atoms with Crippen LogP contribution in [0.15, 0.2) is 35.7 Å². The van der Waals surface area contributed by atoms with Crippen LogP contribution in [0.3, 0.4) is 0 Å². The van der Waals surface area contributed by atoms with E-state index in [1.54, 1.807) is 18.3 Å². The number of hydrogen-bond acceptors (Lipinski definition) is 4. The summed E-state index contributed by atoms with van der Waals surface area (Å²) in [5.41, 5.74) is 1.98. The Morgan fingerprint density at radius 3 is 2.84 bits per heavy atom. The summed E-state index contributed by atoms with van der Waals surface area (Å²) < 4.78 is 0. The molecule has 1 aliphatic heterocycles. The van der Waals surface area contributed by atoms with Crippen LogP contribution in [0, 0.1) is 0 Å². The van der Waals surface area contributed by atoms with Crippen molar-refractivity contribution in [3.63, 3.8) is 0 Å². The van der Waals surface area contributed by atoms with E-state index in [0.717, 1.165) is 24.6 Å². The molecule has 98 valence electrons. The normalized spacial score (nSPS) is 18.8. The molecular formula is C15H16N2OS. The average Bonchev–Trinajstić information content (AvgIpc) is 3.09. The van der Waals surface area contributed by atoms with Crippen LogP contribution in [0.4, 0.5) is 5.13 Å². The molecule has 0 spiro atoms. The molecule has 1 atom stereocenters. The van der Waals surface area contributed by atoms with Crippen LogP contribution in [0.25, 0.3) is 0 Å². The molecule has 1 saturated heterocycles. The number of benzene rings is 1. The smallest absolute Gasteiger partial charge is 0.185 e. The summed E-state index contributed by atoms with van der Waals surface area (Å²) in [4.78, 5) is 18.0. The van der Waals surface area contributed by atoms with Gasteiger partial charge in [0.05, 0.1) is 0 Å². The fraction of sp³-hybridized carbons (Fsp3) is 0.333. The number of carbonyl (C=O) groups excluding carboxylic acids is 1. The number of thiazole rings is 1. The molecule has 1 aromatic heterocycles. The van der Waals surface area contributed by atoms with Crippen molar-refractivity contribution in [1.82, 2.24) is 4.98 Å². The van der Waals surface area contributed by atoms with E-state index in [9.17, 15) is 4.79 Å². The van der Waals surface area contributed by atoms with Gasteiger partial charge in [-0.3, -0.25) is 4.79 Å². The lowest BCUT2D eigenvalue weighted by molar-refractivity contribution is 0.101. The zero-order valence-corrected chi connectivity index (χ0v) is 11.7. The molecule has 3 rings (SSSR count). The maximum absolute atomic E-state index is 11.3. The number of ketones is 1. The maximum Gasteiger partial charge on any atom is 0.185 e. The molecule has 0 radical (unpaired) electrons. The van der Waals surface area contributed by atoms with Crippen LogP contribution in [-0.4, -0.2) is 23.9 Å². The number of carbonyl (C=O) groups is 1. The number of rotatable bonds is 3. The number of aromatic nitrogens is 1. The van der Waals surface area contributed by atoms with Crippen LogP contribution < -0.4 is 4.90 Å². The van der Waals surface area contributed by atoms with Crippen molar-refractivity contribution < 1.29 is 4.79 Å². The standard InChI is InChI=1S/C15H16N2OS/c1-11(18)14-10-19-15(16-14)17-8-7-13(9-17)12-5-3-2-4-6-12/h2-6,10,13H,7-9H2,1H3. The molecule has 2 aromatic rings. The van der Waals surface area contributed by atoms with Crippen molar-refractivity contribution in [2.24, 2.45) is 0 Å². The third kappa shape index (κ3) is 2.54. The predicted molar refractivity (Wildman–Crippen MR) is 78.1 cm³/mol. The minimum atomic E-state index is 0.0429. The lowest BCUT2D eigenvalue weighted by Gasteiger charge is -2.15. The Balaban J connectivity index is 1.73. The Bertz CT molecular complexity index is 579. The van der Waals surface area contributed by atoms with Gasteiger partial charge in [-0.1, -0.05) is 30.3 Å². The maximum atomic E-state index is 11.3. The first-order valence-electron chi connectivity index (χ1n) is 6.50. The summed E-state index contributed by atoms with van der Waals surface area (Å²) in [5, 5.41) is 2.83. The van der Waals surface area contributed by atoms with E-state index in [1.807, 2.05) is 5.38 Å². The van der Waals surface area contributed by atoms with Crippen molar-refractivity contribution in [2.45, 2.75) is 19.3 Å². The summed E-state index contributed by atoms with van der Waals surface area (Å²) in [6, 6.07) is 10.6. The lowest BCUT2D eigenvalue weighted by atomic mass is 9.99. The molecule has 3 nitrogen and oxygen atoms in total. The second kappa shape index (κ2) is 5.13. The van der Waals surface area contributed by atoms with Crippen LogP contribution in [0.2, 0.25) is 0 Å². The van der Waals surface area contributed by atoms with E-state index in [0.29, 0.717) is 11.6 Å². The highest BCUT2D eigenvalue weighted by atomic mass is 32.1. The van der Waals surface area contributed by atoms with Crippen molar-refractivity contribution in [3.05, 3.63) is 47.0 Å². The molecule has 0 aliphatic carbocycles.